The number of fused-ring (bicyclic) bond motifs is 1. The first-order chi connectivity index (χ1) is 11.1. The molecule has 1 amide bonds. The van der Waals surface area contributed by atoms with E-state index in [2.05, 4.69) is 15.3 Å². The molecular weight excluding hydrogens is 298 g/mol. The lowest BCUT2D eigenvalue weighted by atomic mass is 10.2. The molecule has 2 N–H and O–H groups in total. The van der Waals surface area contributed by atoms with Crippen LogP contribution in [0.2, 0.25) is 0 Å². The number of nitriles is 1. The van der Waals surface area contributed by atoms with Gasteiger partial charge in [-0.1, -0.05) is 6.07 Å². The lowest BCUT2D eigenvalue weighted by Gasteiger charge is -2.01. The Labute approximate surface area is 129 Å². The Hall–Kier alpha value is -3.73. The summed E-state index contributed by atoms with van der Waals surface area (Å²) in [5.41, 5.74) is 1.66. The minimum atomic E-state index is -0.537. The fraction of sp³-hybridized carbons (Fsp3) is 0. The van der Waals surface area contributed by atoms with E-state index >= 15 is 0 Å². The SMILES string of the molecule is N#Cc1cccc2[nH]c(NC(=O)c3ccc([N+](=O)[O-])cc3)nc12. The highest BCUT2D eigenvalue weighted by molar-refractivity contribution is 6.04. The second-order valence-corrected chi connectivity index (χ2v) is 4.66. The first-order valence-electron chi connectivity index (χ1n) is 6.53. The average molecular weight is 307 g/mol. The summed E-state index contributed by atoms with van der Waals surface area (Å²) in [6, 6.07) is 12.3. The van der Waals surface area contributed by atoms with Crippen LogP contribution in [0.25, 0.3) is 11.0 Å². The normalized spacial score (nSPS) is 10.2. The number of aromatic amines is 1. The molecule has 23 heavy (non-hydrogen) atoms. The molecule has 2 aromatic carbocycles. The summed E-state index contributed by atoms with van der Waals surface area (Å²) in [6.45, 7) is 0. The van der Waals surface area contributed by atoms with Gasteiger partial charge in [0.25, 0.3) is 11.6 Å². The van der Waals surface area contributed by atoms with E-state index in [1.807, 2.05) is 6.07 Å². The molecule has 8 nitrogen and oxygen atoms in total. The Morgan fingerprint density at radius 3 is 2.65 bits per heavy atom. The first kappa shape index (κ1) is 14.2. The molecule has 0 atom stereocenters. The number of carbonyl (C=O) groups excluding carboxylic acids is 1. The number of carbonyl (C=O) groups is 1. The van der Waals surface area contributed by atoms with Crippen LogP contribution in [0.15, 0.2) is 42.5 Å². The maximum absolute atomic E-state index is 12.1. The minimum absolute atomic E-state index is 0.0936. The zero-order valence-electron chi connectivity index (χ0n) is 11.6. The highest BCUT2D eigenvalue weighted by atomic mass is 16.6. The third kappa shape index (κ3) is 2.71. The quantitative estimate of drug-likeness (QED) is 0.568. The highest BCUT2D eigenvalue weighted by Crippen LogP contribution is 2.19. The molecular formula is C15H9N5O3. The Morgan fingerprint density at radius 1 is 1.26 bits per heavy atom. The largest absolute Gasteiger partial charge is 0.324 e. The van der Waals surface area contributed by atoms with E-state index in [9.17, 15) is 14.9 Å². The molecule has 0 radical (unpaired) electrons. The number of rotatable bonds is 3. The van der Waals surface area contributed by atoms with Crippen LogP contribution in [0.1, 0.15) is 15.9 Å². The smallest absolute Gasteiger partial charge is 0.269 e. The number of nitrogens with zero attached hydrogens (tertiary/aromatic N) is 3. The summed E-state index contributed by atoms with van der Waals surface area (Å²) in [5.74, 6) is -0.261. The number of hydrogen-bond donors (Lipinski definition) is 2. The van der Waals surface area contributed by atoms with Crippen molar-refractivity contribution in [3.63, 3.8) is 0 Å². The number of nitro benzene ring substituents is 1. The zero-order chi connectivity index (χ0) is 16.4. The molecule has 8 heteroatoms. The number of para-hydroxylation sites is 1. The van der Waals surface area contributed by atoms with E-state index in [4.69, 9.17) is 5.26 Å². The third-order valence-electron chi connectivity index (χ3n) is 3.21. The van der Waals surface area contributed by atoms with Crippen LogP contribution in [-0.4, -0.2) is 20.8 Å². The Morgan fingerprint density at radius 2 is 2.00 bits per heavy atom. The van der Waals surface area contributed by atoms with Crippen molar-refractivity contribution in [1.29, 1.82) is 5.26 Å². The number of aromatic nitrogens is 2. The molecule has 1 heterocycles. The van der Waals surface area contributed by atoms with Gasteiger partial charge in [0, 0.05) is 17.7 Å². The summed E-state index contributed by atoms with van der Waals surface area (Å²) in [6.07, 6.45) is 0. The fourth-order valence-corrected chi connectivity index (χ4v) is 2.10. The standard InChI is InChI=1S/C15H9N5O3/c16-8-10-2-1-3-12-13(10)18-15(17-12)19-14(21)9-4-6-11(7-5-9)20(22)23/h1-7H,(H2,17,18,19,21). The van der Waals surface area contributed by atoms with Crippen molar-refractivity contribution >= 4 is 28.6 Å². The molecule has 3 rings (SSSR count). The van der Waals surface area contributed by atoms with Gasteiger partial charge >= 0.3 is 0 Å². The number of nitro groups is 1. The van der Waals surface area contributed by atoms with Crippen molar-refractivity contribution < 1.29 is 9.72 Å². The molecule has 0 bridgehead atoms. The van der Waals surface area contributed by atoms with Crippen molar-refractivity contribution in [2.24, 2.45) is 0 Å². The summed E-state index contributed by atoms with van der Waals surface area (Å²) in [5, 5.41) is 22.2. The summed E-state index contributed by atoms with van der Waals surface area (Å²) in [7, 11) is 0. The number of amides is 1. The van der Waals surface area contributed by atoms with Crippen LogP contribution in [0.3, 0.4) is 0 Å². The molecule has 0 unspecified atom stereocenters. The number of anilines is 1. The maximum Gasteiger partial charge on any atom is 0.269 e. The summed E-state index contributed by atoms with van der Waals surface area (Å²) in [4.78, 5) is 29.3. The predicted molar refractivity (Wildman–Crippen MR) is 81.9 cm³/mol. The fourth-order valence-electron chi connectivity index (χ4n) is 2.10. The van der Waals surface area contributed by atoms with Gasteiger partial charge in [-0.15, -0.1) is 0 Å². The van der Waals surface area contributed by atoms with E-state index in [0.29, 0.717) is 16.6 Å². The van der Waals surface area contributed by atoms with Gasteiger partial charge in [-0.2, -0.15) is 5.26 Å². The van der Waals surface area contributed by atoms with E-state index in [0.717, 1.165) is 0 Å². The maximum atomic E-state index is 12.1. The Balaban J connectivity index is 1.85. The molecule has 0 saturated heterocycles. The van der Waals surface area contributed by atoms with E-state index in [1.165, 1.54) is 24.3 Å². The van der Waals surface area contributed by atoms with Gasteiger partial charge in [-0.3, -0.25) is 20.2 Å². The van der Waals surface area contributed by atoms with Crippen molar-refractivity contribution in [3.8, 4) is 6.07 Å². The molecule has 0 aliphatic heterocycles. The van der Waals surface area contributed by atoms with Crippen molar-refractivity contribution in [2.45, 2.75) is 0 Å². The van der Waals surface area contributed by atoms with Gasteiger partial charge in [0.1, 0.15) is 11.6 Å². The topological polar surface area (TPSA) is 125 Å². The molecule has 112 valence electrons. The van der Waals surface area contributed by atoms with Crippen LogP contribution in [0.5, 0.6) is 0 Å². The summed E-state index contributed by atoms with van der Waals surface area (Å²) >= 11 is 0. The Kier molecular flexibility index (Phi) is 3.44. The van der Waals surface area contributed by atoms with Gasteiger partial charge in [0.15, 0.2) is 0 Å². The monoisotopic (exact) mass is 307 g/mol. The predicted octanol–water partition coefficient (Wildman–Crippen LogP) is 2.60. The van der Waals surface area contributed by atoms with Crippen LogP contribution in [-0.2, 0) is 0 Å². The van der Waals surface area contributed by atoms with Crippen molar-refractivity contribution in [2.75, 3.05) is 5.32 Å². The molecule has 0 saturated carbocycles. The number of H-pyrrole nitrogens is 1. The van der Waals surface area contributed by atoms with Crippen LogP contribution in [0.4, 0.5) is 11.6 Å². The summed E-state index contributed by atoms with van der Waals surface area (Å²) < 4.78 is 0. The third-order valence-corrected chi connectivity index (χ3v) is 3.21. The Bertz CT molecular complexity index is 953. The van der Waals surface area contributed by atoms with Gasteiger partial charge in [0.2, 0.25) is 5.95 Å². The number of hydrogen-bond acceptors (Lipinski definition) is 5. The number of imidazole rings is 1. The van der Waals surface area contributed by atoms with Crippen LogP contribution >= 0.6 is 0 Å². The van der Waals surface area contributed by atoms with Crippen LogP contribution in [0, 0.1) is 21.4 Å². The van der Waals surface area contributed by atoms with Gasteiger partial charge in [-0.25, -0.2) is 4.98 Å². The van der Waals surface area contributed by atoms with Gasteiger partial charge in [-0.05, 0) is 24.3 Å². The number of nitrogens with one attached hydrogen (secondary N) is 2. The second kappa shape index (κ2) is 5.57. The molecule has 1 aromatic heterocycles. The second-order valence-electron chi connectivity index (χ2n) is 4.66. The van der Waals surface area contributed by atoms with E-state index in [1.54, 1.807) is 18.2 Å². The van der Waals surface area contributed by atoms with Gasteiger partial charge in [0.05, 0.1) is 16.0 Å². The first-order valence-corrected chi connectivity index (χ1v) is 6.53. The highest BCUT2D eigenvalue weighted by Gasteiger charge is 2.12. The zero-order valence-corrected chi connectivity index (χ0v) is 11.6. The lowest BCUT2D eigenvalue weighted by Crippen LogP contribution is -2.12. The van der Waals surface area contributed by atoms with Crippen molar-refractivity contribution in [1.82, 2.24) is 9.97 Å². The van der Waals surface area contributed by atoms with Crippen LogP contribution < -0.4 is 5.32 Å². The minimum Gasteiger partial charge on any atom is -0.324 e. The van der Waals surface area contributed by atoms with Gasteiger partial charge < -0.3 is 4.98 Å². The molecule has 0 fully saturated rings. The number of benzene rings is 2. The van der Waals surface area contributed by atoms with Crippen molar-refractivity contribution in [3.05, 3.63) is 63.7 Å². The molecule has 0 aliphatic rings. The lowest BCUT2D eigenvalue weighted by molar-refractivity contribution is -0.384. The van der Waals surface area contributed by atoms with E-state index < -0.39 is 10.8 Å². The molecule has 3 aromatic rings. The molecule has 0 spiro atoms. The molecule has 0 aliphatic carbocycles. The van der Waals surface area contributed by atoms with E-state index in [-0.39, 0.29) is 17.2 Å². The number of non-ortho nitro benzene ring substituents is 1. The average Bonchev–Trinajstić information content (AvgIpc) is 2.97.